The number of hydrogen-bond donors (Lipinski definition) is 2. The van der Waals surface area contributed by atoms with Crippen LogP contribution in [0.2, 0.25) is 0 Å². The lowest BCUT2D eigenvalue weighted by atomic mass is 10.2. The average Bonchev–Trinajstić information content (AvgIpc) is 3.33. The highest BCUT2D eigenvalue weighted by molar-refractivity contribution is 7.13. The molecule has 3 amide bonds. The molecule has 0 unspecified atom stereocenters. The fourth-order valence-corrected chi connectivity index (χ4v) is 3.11. The van der Waals surface area contributed by atoms with E-state index in [-0.39, 0.29) is 6.79 Å². The molecule has 0 bridgehead atoms. The van der Waals surface area contributed by atoms with Gasteiger partial charge in [0.2, 0.25) is 6.79 Å². The van der Waals surface area contributed by atoms with Gasteiger partial charge >= 0.3 is 6.03 Å². The minimum absolute atomic E-state index is 0.121. The third-order valence-electron chi connectivity index (χ3n) is 3.66. The summed E-state index contributed by atoms with van der Waals surface area (Å²) in [4.78, 5) is 28.6. The zero-order chi connectivity index (χ0) is 17.9. The molecule has 0 saturated heterocycles. The van der Waals surface area contributed by atoms with Crippen molar-refractivity contribution < 1.29 is 19.1 Å². The Hall–Kier alpha value is -3.39. The van der Waals surface area contributed by atoms with E-state index < -0.39 is 11.9 Å². The third-order valence-corrected chi connectivity index (χ3v) is 4.48. The van der Waals surface area contributed by atoms with Crippen LogP contribution in [-0.2, 0) is 0 Å². The molecule has 26 heavy (non-hydrogen) atoms. The maximum Gasteiger partial charge on any atom is 0.326 e. The molecular weight excluding hydrogens is 354 g/mol. The molecule has 8 heteroatoms. The summed E-state index contributed by atoms with van der Waals surface area (Å²) in [5.74, 6) is 0.524. The average molecular weight is 367 g/mol. The van der Waals surface area contributed by atoms with E-state index in [4.69, 9.17) is 9.47 Å². The van der Waals surface area contributed by atoms with Crippen LogP contribution in [-0.4, -0.2) is 23.7 Å². The van der Waals surface area contributed by atoms with Crippen LogP contribution in [0.4, 0.5) is 10.5 Å². The summed E-state index contributed by atoms with van der Waals surface area (Å²) in [6.07, 6.45) is 1.72. The molecule has 1 aromatic heterocycles. The Labute approximate surface area is 152 Å². The molecule has 2 heterocycles. The molecule has 3 aromatic rings. The first-order valence-electron chi connectivity index (χ1n) is 7.71. The maximum absolute atomic E-state index is 12.2. The van der Waals surface area contributed by atoms with Gasteiger partial charge in [-0.1, -0.05) is 12.1 Å². The van der Waals surface area contributed by atoms with Crippen LogP contribution in [0.5, 0.6) is 11.5 Å². The Morgan fingerprint density at radius 2 is 1.96 bits per heavy atom. The minimum Gasteiger partial charge on any atom is -0.454 e. The summed E-state index contributed by atoms with van der Waals surface area (Å²) in [7, 11) is 0. The number of carbonyl (C=O) groups excluding carboxylic acids is 2. The van der Waals surface area contributed by atoms with Crippen molar-refractivity contribution in [3.05, 3.63) is 59.6 Å². The topological polar surface area (TPSA) is 89.6 Å². The fraction of sp³-hybridized carbons (Fsp3) is 0.0556. The van der Waals surface area contributed by atoms with E-state index in [1.54, 1.807) is 30.5 Å². The van der Waals surface area contributed by atoms with Gasteiger partial charge in [0, 0.05) is 28.4 Å². The van der Waals surface area contributed by atoms with Gasteiger partial charge in [-0.15, -0.1) is 11.3 Å². The highest BCUT2D eigenvalue weighted by Gasteiger charge is 2.17. The SMILES string of the molecule is O=C(NC(=O)c1ccc2c(c1)OCO2)Nc1cccc(-c2nccs2)c1. The number of thiazole rings is 1. The standard InChI is InChI=1S/C18H13N3O4S/c22-16(11-4-5-14-15(9-11)25-10-24-14)21-18(23)20-13-3-1-2-12(8-13)17-19-6-7-26-17/h1-9H,10H2,(H2,20,21,22,23). The number of ether oxygens (including phenoxy) is 2. The smallest absolute Gasteiger partial charge is 0.326 e. The van der Waals surface area contributed by atoms with E-state index in [0.717, 1.165) is 10.6 Å². The summed E-state index contributed by atoms with van der Waals surface area (Å²) in [6.45, 7) is 0.121. The largest absolute Gasteiger partial charge is 0.454 e. The second-order valence-corrected chi connectivity index (χ2v) is 6.29. The number of nitrogens with zero attached hydrogens (tertiary/aromatic N) is 1. The van der Waals surface area contributed by atoms with Gasteiger partial charge in [0.1, 0.15) is 5.01 Å². The van der Waals surface area contributed by atoms with Crippen LogP contribution in [0.15, 0.2) is 54.0 Å². The molecule has 4 rings (SSSR count). The van der Waals surface area contributed by atoms with Crippen LogP contribution in [0.1, 0.15) is 10.4 Å². The summed E-state index contributed by atoms with van der Waals surface area (Å²) >= 11 is 1.51. The number of nitrogens with one attached hydrogen (secondary N) is 2. The molecule has 0 atom stereocenters. The number of urea groups is 1. The molecule has 2 aromatic carbocycles. The number of rotatable bonds is 3. The predicted octanol–water partition coefficient (Wildman–Crippen LogP) is 3.50. The van der Waals surface area contributed by atoms with Crippen molar-refractivity contribution in [3.8, 4) is 22.1 Å². The lowest BCUT2D eigenvalue weighted by Gasteiger charge is -2.08. The van der Waals surface area contributed by atoms with E-state index >= 15 is 0 Å². The number of amides is 3. The second-order valence-electron chi connectivity index (χ2n) is 5.39. The van der Waals surface area contributed by atoms with Gasteiger partial charge in [0.15, 0.2) is 11.5 Å². The van der Waals surface area contributed by atoms with Gasteiger partial charge in [-0.05, 0) is 30.3 Å². The van der Waals surface area contributed by atoms with Crippen molar-refractivity contribution in [2.75, 3.05) is 12.1 Å². The monoisotopic (exact) mass is 367 g/mol. The molecule has 1 aliphatic rings. The Morgan fingerprint density at radius 3 is 2.81 bits per heavy atom. The van der Waals surface area contributed by atoms with E-state index in [0.29, 0.717) is 22.7 Å². The van der Waals surface area contributed by atoms with Crippen molar-refractivity contribution in [2.45, 2.75) is 0 Å². The molecule has 130 valence electrons. The molecule has 7 nitrogen and oxygen atoms in total. The quantitative estimate of drug-likeness (QED) is 0.739. The summed E-state index contributed by atoms with van der Waals surface area (Å²) < 4.78 is 10.4. The van der Waals surface area contributed by atoms with Crippen molar-refractivity contribution >= 4 is 29.0 Å². The Morgan fingerprint density at radius 1 is 1.08 bits per heavy atom. The first kappa shape index (κ1) is 16.1. The predicted molar refractivity (Wildman–Crippen MR) is 96.6 cm³/mol. The van der Waals surface area contributed by atoms with Crippen LogP contribution >= 0.6 is 11.3 Å². The molecule has 0 fully saturated rings. The van der Waals surface area contributed by atoms with Crippen LogP contribution in [0.3, 0.4) is 0 Å². The van der Waals surface area contributed by atoms with Crippen LogP contribution < -0.4 is 20.1 Å². The highest BCUT2D eigenvalue weighted by atomic mass is 32.1. The number of fused-ring (bicyclic) bond motifs is 1. The molecular formula is C18H13N3O4S. The molecule has 1 aliphatic heterocycles. The molecule has 0 saturated carbocycles. The molecule has 0 radical (unpaired) electrons. The van der Waals surface area contributed by atoms with Gasteiger partial charge in [-0.2, -0.15) is 0 Å². The first-order chi connectivity index (χ1) is 12.7. The number of anilines is 1. The van der Waals surface area contributed by atoms with Crippen molar-refractivity contribution in [1.29, 1.82) is 0 Å². The fourth-order valence-electron chi connectivity index (χ4n) is 2.47. The van der Waals surface area contributed by atoms with Crippen molar-refractivity contribution in [3.63, 3.8) is 0 Å². The second kappa shape index (κ2) is 6.85. The first-order valence-corrected chi connectivity index (χ1v) is 8.59. The normalized spacial score (nSPS) is 11.8. The lowest BCUT2D eigenvalue weighted by Crippen LogP contribution is -2.34. The van der Waals surface area contributed by atoms with Crippen LogP contribution in [0.25, 0.3) is 10.6 Å². The lowest BCUT2D eigenvalue weighted by molar-refractivity contribution is 0.0966. The Balaban J connectivity index is 1.42. The third kappa shape index (κ3) is 3.35. The van der Waals surface area contributed by atoms with E-state index in [1.165, 1.54) is 17.4 Å². The molecule has 2 N–H and O–H groups in total. The van der Waals surface area contributed by atoms with E-state index in [2.05, 4.69) is 15.6 Å². The van der Waals surface area contributed by atoms with Gasteiger partial charge < -0.3 is 14.8 Å². The van der Waals surface area contributed by atoms with E-state index in [1.807, 2.05) is 17.5 Å². The van der Waals surface area contributed by atoms with Gasteiger partial charge in [0.05, 0.1) is 0 Å². The minimum atomic E-state index is -0.621. The van der Waals surface area contributed by atoms with Gasteiger partial charge in [-0.25, -0.2) is 9.78 Å². The number of aromatic nitrogens is 1. The van der Waals surface area contributed by atoms with Crippen LogP contribution in [0, 0.1) is 0 Å². The summed E-state index contributed by atoms with van der Waals surface area (Å²) in [5.41, 5.74) is 1.76. The van der Waals surface area contributed by atoms with Gasteiger partial charge in [0.25, 0.3) is 5.91 Å². The summed E-state index contributed by atoms with van der Waals surface area (Å²) in [6, 6.07) is 11.4. The van der Waals surface area contributed by atoms with Gasteiger partial charge in [-0.3, -0.25) is 10.1 Å². The zero-order valence-electron chi connectivity index (χ0n) is 13.4. The number of benzene rings is 2. The van der Waals surface area contributed by atoms with Crippen molar-refractivity contribution in [1.82, 2.24) is 10.3 Å². The number of hydrogen-bond acceptors (Lipinski definition) is 6. The summed E-state index contributed by atoms with van der Waals surface area (Å²) in [5, 5.41) is 7.67. The van der Waals surface area contributed by atoms with E-state index in [9.17, 15) is 9.59 Å². The maximum atomic E-state index is 12.2. The number of carbonyl (C=O) groups is 2. The zero-order valence-corrected chi connectivity index (χ0v) is 14.2. The highest BCUT2D eigenvalue weighted by Crippen LogP contribution is 2.32. The molecule has 0 spiro atoms. The molecule has 0 aliphatic carbocycles. The van der Waals surface area contributed by atoms with Crippen molar-refractivity contribution in [2.24, 2.45) is 0 Å². The number of imide groups is 1. The Kier molecular flexibility index (Phi) is 4.24. The Bertz CT molecular complexity index is 972.